The normalized spacial score (nSPS) is 20.2. The molecular weight excluding hydrogens is 202 g/mol. The van der Waals surface area contributed by atoms with Crippen LogP contribution >= 0.6 is 0 Å². The molecule has 0 amide bonds. The first-order valence-electron chi connectivity index (χ1n) is 5.12. The van der Waals surface area contributed by atoms with Gasteiger partial charge in [-0.2, -0.15) is 5.26 Å². The smallest absolute Gasteiger partial charge is 0.311 e. The molecule has 0 fully saturated rings. The predicted molar refractivity (Wildman–Crippen MR) is 58.8 cm³/mol. The molecule has 0 radical (unpaired) electrons. The van der Waals surface area contributed by atoms with Crippen molar-refractivity contribution < 1.29 is 9.53 Å². The number of rotatable bonds is 1. The van der Waals surface area contributed by atoms with Crippen molar-refractivity contribution >= 4 is 11.7 Å². The molecule has 0 saturated heterocycles. The molecule has 0 aromatic heterocycles. The second kappa shape index (κ2) is 4.19. The fourth-order valence-electron chi connectivity index (χ4n) is 1.75. The number of hydrogen-bond donors (Lipinski definition) is 0. The molecule has 1 aromatic rings. The SMILES string of the molecule is C[C@@H]1CC(=O)OC(c2ccccc2)=C1C#N. The average molecular weight is 213 g/mol. The van der Waals surface area contributed by atoms with E-state index in [9.17, 15) is 4.79 Å². The van der Waals surface area contributed by atoms with Crippen LogP contribution < -0.4 is 0 Å². The van der Waals surface area contributed by atoms with E-state index in [-0.39, 0.29) is 18.3 Å². The lowest BCUT2D eigenvalue weighted by atomic mass is 9.93. The number of nitriles is 1. The van der Waals surface area contributed by atoms with Crippen molar-refractivity contribution in [3.8, 4) is 6.07 Å². The first-order valence-corrected chi connectivity index (χ1v) is 5.12. The molecule has 0 N–H and O–H groups in total. The van der Waals surface area contributed by atoms with E-state index < -0.39 is 0 Å². The van der Waals surface area contributed by atoms with Crippen molar-refractivity contribution in [1.82, 2.24) is 0 Å². The number of allylic oxidation sites excluding steroid dienone is 1. The van der Waals surface area contributed by atoms with Gasteiger partial charge in [0.25, 0.3) is 0 Å². The van der Waals surface area contributed by atoms with E-state index in [1.807, 2.05) is 37.3 Å². The topological polar surface area (TPSA) is 50.1 Å². The molecule has 80 valence electrons. The van der Waals surface area contributed by atoms with Crippen molar-refractivity contribution in [2.75, 3.05) is 0 Å². The van der Waals surface area contributed by atoms with Gasteiger partial charge >= 0.3 is 5.97 Å². The van der Waals surface area contributed by atoms with Gasteiger partial charge in [0.2, 0.25) is 0 Å². The van der Waals surface area contributed by atoms with Gasteiger partial charge in [-0.15, -0.1) is 0 Å². The number of ether oxygens (including phenoxy) is 1. The van der Waals surface area contributed by atoms with E-state index in [1.54, 1.807) is 0 Å². The molecule has 0 unspecified atom stereocenters. The fourth-order valence-corrected chi connectivity index (χ4v) is 1.75. The first-order chi connectivity index (χ1) is 7.72. The summed E-state index contributed by atoms with van der Waals surface area (Å²) >= 11 is 0. The van der Waals surface area contributed by atoms with Crippen molar-refractivity contribution in [3.63, 3.8) is 0 Å². The fraction of sp³-hybridized carbons (Fsp3) is 0.231. The van der Waals surface area contributed by atoms with Gasteiger partial charge < -0.3 is 4.74 Å². The Kier molecular flexibility index (Phi) is 2.74. The molecular formula is C13H11NO2. The Balaban J connectivity index is 2.52. The quantitative estimate of drug-likeness (QED) is 0.673. The van der Waals surface area contributed by atoms with E-state index in [2.05, 4.69) is 6.07 Å². The Hall–Kier alpha value is -2.08. The van der Waals surface area contributed by atoms with Crippen molar-refractivity contribution in [2.24, 2.45) is 5.92 Å². The zero-order valence-corrected chi connectivity index (χ0v) is 8.93. The molecule has 1 atom stereocenters. The van der Waals surface area contributed by atoms with Crippen molar-refractivity contribution in [1.29, 1.82) is 5.26 Å². The summed E-state index contributed by atoms with van der Waals surface area (Å²) in [7, 11) is 0. The molecule has 0 aliphatic carbocycles. The van der Waals surface area contributed by atoms with Crippen LogP contribution in [0.3, 0.4) is 0 Å². The largest absolute Gasteiger partial charge is 0.425 e. The number of carbonyl (C=O) groups is 1. The van der Waals surface area contributed by atoms with E-state index in [0.29, 0.717) is 11.3 Å². The van der Waals surface area contributed by atoms with Crippen LogP contribution in [0.4, 0.5) is 0 Å². The molecule has 0 bridgehead atoms. The number of carbonyl (C=O) groups excluding carboxylic acids is 1. The third kappa shape index (κ3) is 1.82. The Morgan fingerprint density at radius 2 is 2.06 bits per heavy atom. The summed E-state index contributed by atoms with van der Waals surface area (Å²) in [6, 6.07) is 11.4. The van der Waals surface area contributed by atoms with Crippen LogP contribution in [0.5, 0.6) is 0 Å². The molecule has 1 aliphatic rings. The zero-order chi connectivity index (χ0) is 11.5. The molecule has 3 heteroatoms. The van der Waals surface area contributed by atoms with Crippen LogP contribution in [0.25, 0.3) is 5.76 Å². The number of benzene rings is 1. The predicted octanol–water partition coefficient (Wildman–Crippen LogP) is 2.50. The second-order valence-corrected chi connectivity index (χ2v) is 3.80. The summed E-state index contributed by atoms with van der Waals surface area (Å²) in [6.07, 6.45) is 0.277. The first kappa shape index (κ1) is 10.4. The highest BCUT2D eigenvalue weighted by molar-refractivity contribution is 5.84. The maximum Gasteiger partial charge on any atom is 0.311 e. The van der Waals surface area contributed by atoms with Gasteiger partial charge in [0, 0.05) is 11.5 Å². The van der Waals surface area contributed by atoms with Gasteiger partial charge in [-0.1, -0.05) is 37.3 Å². The summed E-state index contributed by atoms with van der Waals surface area (Å²) in [5.41, 5.74) is 1.32. The van der Waals surface area contributed by atoms with Crippen LogP contribution in [-0.4, -0.2) is 5.97 Å². The monoisotopic (exact) mass is 213 g/mol. The van der Waals surface area contributed by atoms with Gasteiger partial charge in [-0.3, -0.25) is 4.79 Å². The highest BCUT2D eigenvalue weighted by atomic mass is 16.5. The summed E-state index contributed by atoms with van der Waals surface area (Å²) in [5.74, 6) is 0.0682. The van der Waals surface area contributed by atoms with E-state index >= 15 is 0 Å². The van der Waals surface area contributed by atoms with Crippen LogP contribution in [0.15, 0.2) is 35.9 Å². The summed E-state index contributed by atoms with van der Waals surface area (Å²) in [4.78, 5) is 11.4. The molecule has 0 spiro atoms. The van der Waals surface area contributed by atoms with Crippen LogP contribution in [0.1, 0.15) is 18.9 Å². The molecule has 1 heterocycles. The summed E-state index contributed by atoms with van der Waals surface area (Å²) in [5, 5.41) is 9.08. The molecule has 3 nitrogen and oxygen atoms in total. The minimum absolute atomic E-state index is 0.0681. The van der Waals surface area contributed by atoms with Crippen LogP contribution in [-0.2, 0) is 9.53 Å². The summed E-state index contributed by atoms with van der Waals surface area (Å²) < 4.78 is 5.16. The van der Waals surface area contributed by atoms with Gasteiger partial charge in [0.1, 0.15) is 0 Å². The third-order valence-electron chi connectivity index (χ3n) is 2.58. The van der Waals surface area contributed by atoms with E-state index in [0.717, 1.165) is 5.56 Å². The molecule has 2 rings (SSSR count). The average Bonchev–Trinajstić information content (AvgIpc) is 2.29. The molecule has 16 heavy (non-hydrogen) atoms. The lowest BCUT2D eigenvalue weighted by Crippen LogP contribution is -2.18. The Labute approximate surface area is 94.0 Å². The van der Waals surface area contributed by atoms with Crippen molar-refractivity contribution in [2.45, 2.75) is 13.3 Å². The zero-order valence-electron chi connectivity index (χ0n) is 8.93. The molecule has 1 aliphatic heterocycles. The highest BCUT2D eigenvalue weighted by Crippen LogP contribution is 2.31. The Morgan fingerprint density at radius 1 is 1.38 bits per heavy atom. The van der Waals surface area contributed by atoms with Gasteiger partial charge in [-0.05, 0) is 0 Å². The van der Waals surface area contributed by atoms with Gasteiger partial charge in [-0.25, -0.2) is 0 Å². The number of esters is 1. The number of cyclic esters (lactones) is 1. The minimum Gasteiger partial charge on any atom is -0.425 e. The van der Waals surface area contributed by atoms with Crippen LogP contribution in [0.2, 0.25) is 0 Å². The highest BCUT2D eigenvalue weighted by Gasteiger charge is 2.27. The van der Waals surface area contributed by atoms with E-state index in [1.165, 1.54) is 0 Å². The standard InChI is InChI=1S/C13H11NO2/c1-9-7-12(15)16-13(11(9)8-14)10-5-3-2-4-6-10/h2-6,9H,7H2,1H3/t9-/m1/s1. The minimum atomic E-state index is -0.273. The maximum atomic E-state index is 11.4. The Morgan fingerprint density at radius 3 is 2.69 bits per heavy atom. The second-order valence-electron chi connectivity index (χ2n) is 3.80. The Bertz CT molecular complexity index is 482. The van der Waals surface area contributed by atoms with Crippen molar-refractivity contribution in [3.05, 3.63) is 41.5 Å². The number of hydrogen-bond acceptors (Lipinski definition) is 3. The third-order valence-corrected chi connectivity index (χ3v) is 2.58. The lowest BCUT2D eigenvalue weighted by molar-refractivity contribution is -0.138. The molecule has 0 saturated carbocycles. The lowest BCUT2D eigenvalue weighted by Gasteiger charge is -2.20. The van der Waals surface area contributed by atoms with Gasteiger partial charge in [0.05, 0.1) is 18.1 Å². The maximum absolute atomic E-state index is 11.4. The van der Waals surface area contributed by atoms with Crippen LogP contribution in [0, 0.1) is 17.2 Å². The molecule has 1 aromatic carbocycles. The number of nitrogens with zero attached hydrogens (tertiary/aromatic N) is 1. The van der Waals surface area contributed by atoms with Gasteiger partial charge in [0.15, 0.2) is 5.76 Å². The summed E-state index contributed by atoms with van der Waals surface area (Å²) in [6.45, 7) is 1.86. The van der Waals surface area contributed by atoms with E-state index in [4.69, 9.17) is 10.00 Å².